The fraction of sp³-hybridized carbons (Fsp3) is 0.227. The molecule has 0 saturated carbocycles. The lowest BCUT2D eigenvalue weighted by molar-refractivity contribution is -0.130. The smallest absolute Gasteiger partial charge is 0.257 e. The van der Waals surface area contributed by atoms with Gasteiger partial charge in [0.05, 0.1) is 23.7 Å². The fourth-order valence-corrected chi connectivity index (χ4v) is 4.02. The van der Waals surface area contributed by atoms with Crippen molar-refractivity contribution in [1.82, 2.24) is 14.9 Å². The van der Waals surface area contributed by atoms with Gasteiger partial charge < -0.3 is 9.80 Å². The Bertz CT molecular complexity index is 1120. The fourth-order valence-electron chi connectivity index (χ4n) is 3.32. The zero-order chi connectivity index (χ0) is 21.6. The van der Waals surface area contributed by atoms with Gasteiger partial charge in [-0.3, -0.25) is 14.9 Å². The minimum atomic E-state index is -0.224. The number of rotatable bonds is 5. The summed E-state index contributed by atoms with van der Waals surface area (Å²) < 4.78 is 0. The summed E-state index contributed by atoms with van der Waals surface area (Å²) in [4.78, 5) is 37.5. The lowest BCUT2D eigenvalue weighted by atomic mass is 10.2. The number of thiazole rings is 1. The van der Waals surface area contributed by atoms with Gasteiger partial charge in [0.15, 0.2) is 5.13 Å². The van der Waals surface area contributed by atoms with E-state index in [9.17, 15) is 9.59 Å². The number of nitriles is 1. The second kappa shape index (κ2) is 9.36. The van der Waals surface area contributed by atoms with Crippen LogP contribution < -0.4 is 10.2 Å². The van der Waals surface area contributed by atoms with E-state index in [0.717, 1.165) is 5.82 Å². The molecule has 9 heteroatoms. The molecule has 1 aromatic carbocycles. The molecule has 0 spiro atoms. The van der Waals surface area contributed by atoms with Crippen molar-refractivity contribution >= 4 is 34.1 Å². The SMILES string of the molecule is N#Cc1ccnc(N2CCN(C(=O)Cc3csc(NC(=O)c4ccccc4)n3)CC2)c1. The van der Waals surface area contributed by atoms with Crippen molar-refractivity contribution in [2.24, 2.45) is 0 Å². The molecule has 156 valence electrons. The summed E-state index contributed by atoms with van der Waals surface area (Å²) in [5.74, 6) is 0.534. The summed E-state index contributed by atoms with van der Waals surface area (Å²) in [5, 5.41) is 14.1. The molecule has 1 N–H and O–H groups in total. The number of aromatic nitrogens is 2. The van der Waals surface area contributed by atoms with Crippen molar-refractivity contribution in [3.05, 3.63) is 70.9 Å². The number of anilines is 2. The molecular formula is C22H20N6O2S. The maximum absolute atomic E-state index is 12.7. The Morgan fingerprint density at radius 3 is 2.65 bits per heavy atom. The Morgan fingerprint density at radius 2 is 1.90 bits per heavy atom. The summed E-state index contributed by atoms with van der Waals surface area (Å²) in [6.07, 6.45) is 1.82. The standard InChI is InChI=1S/C22H20N6O2S/c23-14-16-6-7-24-19(12-16)27-8-10-28(11-9-27)20(29)13-18-15-31-22(25-18)26-21(30)17-4-2-1-3-5-17/h1-7,12,15H,8-11,13H2,(H,25,26,30). The Hall–Kier alpha value is -3.77. The van der Waals surface area contributed by atoms with Crippen molar-refractivity contribution in [3.63, 3.8) is 0 Å². The quantitative estimate of drug-likeness (QED) is 0.665. The van der Waals surface area contributed by atoms with Crippen molar-refractivity contribution in [2.45, 2.75) is 6.42 Å². The van der Waals surface area contributed by atoms with Gasteiger partial charge in [-0.05, 0) is 24.3 Å². The molecule has 0 aliphatic carbocycles. The van der Waals surface area contributed by atoms with Crippen molar-refractivity contribution in [1.29, 1.82) is 5.26 Å². The minimum absolute atomic E-state index is 0.00428. The van der Waals surface area contributed by atoms with E-state index in [1.165, 1.54) is 11.3 Å². The number of amides is 2. The third-order valence-electron chi connectivity index (χ3n) is 4.97. The van der Waals surface area contributed by atoms with Gasteiger partial charge in [0, 0.05) is 43.3 Å². The lowest BCUT2D eigenvalue weighted by Crippen LogP contribution is -2.49. The minimum Gasteiger partial charge on any atom is -0.353 e. The van der Waals surface area contributed by atoms with Gasteiger partial charge in [0.1, 0.15) is 5.82 Å². The van der Waals surface area contributed by atoms with E-state index in [1.54, 1.807) is 48.0 Å². The van der Waals surface area contributed by atoms with Gasteiger partial charge in [0.25, 0.3) is 5.91 Å². The number of nitrogens with one attached hydrogen (secondary N) is 1. The normalized spacial score (nSPS) is 13.5. The predicted octanol–water partition coefficient (Wildman–Crippen LogP) is 2.55. The highest BCUT2D eigenvalue weighted by molar-refractivity contribution is 7.14. The Kier molecular flexibility index (Phi) is 6.19. The first-order valence-corrected chi connectivity index (χ1v) is 10.7. The van der Waals surface area contributed by atoms with E-state index in [0.29, 0.717) is 48.1 Å². The molecule has 0 radical (unpaired) electrons. The van der Waals surface area contributed by atoms with Gasteiger partial charge in [0.2, 0.25) is 5.91 Å². The zero-order valence-corrected chi connectivity index (χ0v) is 17.5. The third kappa shape index (κ3) is 5.05. The number of nitrogens with zero attached hydrogens (tertiary/aromatic N) is 5. The molecule has 1 aliphatic heterocycles. The van der Waals surface area contributed by atoms with Gasteiger partial charge in [-0.25, -0.2) is 9.97 Å². The molecule has 3 heterocycles. The molecule has 0 bridgehead atoms. The maximum atomic E-state index is 12.7. The molecule has 2 aromatic heterocycles. The van der Waals surface area contributed by atoms with E-state index in [4.69, 9.17) is 5.26 Å². The van der Waals surface area contributed by atoms with Gasteiger partial charge >= 0.3 is 0 Å². The number of pyridine rings is 1. The van der Waals surface area contributed by atoms with Crippen LogP contribution in [0.25, 0.3) is 0 Å². The molecule has 1 aliphatic rings. The van der Waals surface area contributed by atoms with Crippen molar-refractivity contribution in [3.8, 4) is 6.07 Å². The van der Waals surface area contributed by atoms with Crippen molar-refractivity contribution in [2.75, 3.05) is 36.4 Å². The number of piperazine rings is 1. The van der Waals surface area contributed by atoms with Crippen LogP contribution in [0.3, 0.4) is 0 Å². The van der Waals surface area contributed by atoms with Crippen LogP contribution in [0.1, 0.15) is 21.6 Å². The van der Waals surface area contributed by atoms with Gasteiger partial charge in [-0.2, -0.15) is 5.26 Å². The van der Waals surface area contributed by atoms with Crippen LogP contribution in [-0.2, 0) is 11.2 Å². The number of hydrogen-bond acceptors (Lipinski definition) is 7. The van der Waals surface area contributed by atoms with Crippen LogP contribution in [0.5, 0.6) is 0 Å². The van der Waals surface area contributed by atoms with E-state index in [2.05, 4.69) is 26.3 Å². The van der Waals surface area contributed by atoms with Crippen LogP contribution >= 0.6 is 11.3 Å². The highest BCUT2D eigenvalue weighted by Crippen LogP contribution is 2.19. The molecule has 8 nitrogen and oxygen atoms in total. The number of benzene rings is 1. The van der Waals surface area contributed by atoms with Crippen LogP contribution in [0.2, 0.25) is 0 Å². The molecule has 0 unspecified atom stereocenters. The molecule has 1 saturated heterocycles. The molecular weight excluding hydrogens is 412 g/mol. The monoisotopic (exact) mass is 432 g/mol. The Labute approximate surface area is 183 Å². The first-order chi connectivity index (χ1) is 15.1. The Balaban J connectivity index is 1.29. The van der Waals surface area contributed by atoms with E-state index >= 15 is 0 Å². The van der Waals surface area contributed by atoms with Crippen LogP contribution in [0, 0.1) is 11.3 Å². The highest BCUT2D eigenvalue weighted by atomic mass is 32.1. The van der Waals surface area contributed by atoms with E-state index < -0.39 is 0 Å². The van der Waals surface area contributed by atoms with E-state index in [-0.39, 0.29) is 18.2 Å². The molecule has 1 fully saturated rings. The summed E-state index contributed by atoms with van der Waals surface area (Å²) in [6, 6.07) is 14.5. The molecule has 2 amide bonds. The molecule has 4 rings (SSSR count). The van der Waals surface area contributed by atoms with Gasteiger partial charge in [-0.1, -0.05) is 18.2 Å². The van der Waals surface area contributed by atoms with Crippen LogP contribution in [0.15, 0.2) is 54.0 Å². The highest BCUT2D eigenvalue weighted by Gasteiger charge is 2.23. The summed E-state index contributed by atoms with van der Waals surface area (Å²) in [6.45, 7) is 2.48. The molecule has 0 atom stereocenters. The van der Waals surface area contributed by atoms with E-state index in [1.807, 2.05) is 11.0 Å². The Morgan fingerprint density at radius 1 is 1.13 bits per heavy atom. The topological polar surface area (TPSA) is 102 Å². The second-order valence-electron chi connectivity index (χ2n) is 7.02. The van der Waals surface area contributed by atoms with Crippen LogP contribution in [-0.4, -0.2) is 52.9 Å². The predicted molar refractivity (Wildman–Crippen MR) is 118 cm³/mol. The third-order valence-corrected chi connectivity index (χ3v) is 5.78. The zero-order valence-electron chi connectivity index (χ0n) is 16.7. The number of hydrogen-bond donors (Lipinski definition) is 1. The first kappa shape index (κ1) is 20.5. The number of carbonyl (C=O) groups excluding carboxylic acids is 2. The van der Waals surface area contributed by atoms with Crippen LogP contribution in [0.4, 0.5) is 10.9 Å². The number of carbonyl (C=O) groups is 2. The second-order valence-corrected chi connectivity index (χ2v) is 7.88. The summed E-state index contributed by atoms with van der Waals surface area (Å²) in [5.41, 5.74) is 1.77. The summed E-state index contributed by atoms with van der Waals surface area (Å²) >= 11 is 1.31. The lowest BCUT2D eigenvalue weighted by Gasteiger charge is -2.35. The summed E-state index contributed by atoms with van der Waals surface area (Å²) in [7, 11) is 0. The van der Waals surface area contributed by atoms with Gasteiger partial charge in [-0.15, -0.1) is 11.3 Å². The largest absolute Gasteiger partial charge is 0.353 e. The first-order valence-electron chi connectivity index (χ1n) is 9.82. The van der Waals surface area contributed by atoms with Crippen molar-refractivity contribution < 1.29 is 9.59 Å². The average Bonchev–Trinajstić information content (AvgIpc) is 3.26. The molecule has 31 heavy (non-hydrogen) atoms. The average molecular weight is 433 g/mol. The molecule has 3 aromatic rings. The maximum Gasteiger partial charge on any atom is 0.257 e.